The van der Waals surface area contributed by atoms with Crippen LogP contribution in [0.5, 0.6) is 0 Å². The fourth-order valence-electron chi connectivity index (χ4n) is 2.48. The number of nitrogens with one attached hydrogen (secondary N) is 1. The van der Waals surface area contributed by atoms with Crippen molar-refractivity contribution in [3.63, 3.8) is 0 Å². The molecule has 1 fully saturated rings. The van der Waals surface area contributed by atoms with Crippen molar-refractivity contribution < 1.29 is 0 Å². The average Bonchev–Trinajstić information content (AvgIpc) is 2.98. The number of aromatic nitrogens is 2. The van der Waals surface area contributed by atoms with Crippen molar-refractivity contribution in [2.75, 3.05) is 7.05 Å². The molecule has 0 aliphatic heterocycles. The molecular formula is C13H22BrN3. The number of nitrogens with zero attached hydrogens (tertiary/aromatic N) is 2. The average molecular weight is 300 g/mol. The first-order valence-corrected chi connectivity index (χ1v) is 7.18. The second kappa shape index (κ2) is 4.73. The van der Waals surface area contributed by atoms with Gasteiger partial charge >= 0.3 is 0 Å². The van der Waals surface area contributed by atoms with Crippen LogP contribution in [-0.4, -0.2) is 22.9 Å². The van der Waals surface area contributed by atoms with Crippen LogP contribution in [0.2, 0.25) is 0 Å². The van der Waals surface area contributed by atoms with E-state index in [9.17, 15) is 0 Å². The van der Waals surface area contributed by atoms with Crippen LogP contribution in [0.25, 0.3) is 0 Å². The molecule has 1 N–H and O–H groups in total. The lowest BCUT2D eigenvalue weighted by atomic mass is 9.94. The van der Waals surface area contributed by atoms with E-state index in [2.05, 4.69) is 47.2 Å². The zero-order chi connectivity index (χ0) is 12.6. The van der Waals surface area contributed by atoms with E-state index in [1.54, 1.807) is 0 Å². The summed E-state index contributed by atoms with van der Waals surface area (Å²) in [6.07, 6.45) is 4.72. The van der Waals surface area contributed by atoms with Crippen molar-refractivity contribution in [3.8, 4) is 0 Å². The Morgan fingerprint density at radius 2 is 2.18 bits per heavy atom. The van der Waals surface area contributed by atoms with Crippen LogP contribution in [0.1, 0.15) is 38.1 Å². The van der Waals surface area contributed by atoms with E-state index in [0.29, 0.717) is 11.5 Å². The van der Waals surface area contributed by atoms with E-state index in [-0.39, 0.29) is 0 Å². The molecule has 1 aromatic rings. The van der Waals surface area contributed by atoms with E-state index in [1.165, 1.54) is 28.7 Å². The predicted molar refractivity (Wildman–Crippen MR) is 74.2 cm³/mol. The summed E-state index contributed by atoms with van der Waals surface area (Å²) in [4.78, 5) is 0. The van der Waals surface area contributed by atoms with E-state index >= 15 is 0 Å². The molecule has 4 heteroatoms. The van der Waals surface area contributed by atoms with E-state index < -0.39 is 0 Å². The van der Waals surface area contributed by atoms with Gasteiger partial charge in [-0.05, 0) is 47.7 Å². The predicted octanol–water partition coefficient (Wildman–Crippen LogP) is 2.68. The van der Waals surface area contributed by atoms with Crippen molar-refractivity contribution in [1.82, 2.24) is 15.1 Å². The Kier molecular flexibility index (Phi) is 3.64. The van der Waals surface area contributed by atoms with Crippen molar-refractivity contribution in [3.05, 3.63) is 15.9 Å². The number of halogens is 1. The number of likely N-dealkylation sites (N-methyl/N-ethyl adjacent to an activating group) is 1. The van der Waals surface area contributed by atoms with Crippen LogP contribution in [0.3, 0.4) is 0 Å². The zero-order valence-corrected chi connectivity index (χ0v) is 12.8. The van der Waals surface area contributed by atoms with Crippen molar-refractivity contribution in [2.24, 2.45) is 12.5 Å². The first-order valence-electron chi connectivity index (χ1n) is 6.39. The topological polar surface area (TPSA) is 29.9 Å². The first-order chi connectivity index (χ1) is 8.01. The second-order valence-corrected chi connectivity index (χ2v) is 6.18. The second-order valence-electron chi connectivity index (χ2n) is 5.38. The maximum atomic E-state index is 4.56. The summed E-state index contributed by atoms with van der Waals surface area (Å²) in [6, 6.07) is 0.555. The van der Waals surface area contributed by atoms with Crippen LogP contribution in [0, 0.1) is 5.41 Å². The molecular weight excluding hydrogens is 278 g/mol. The van der Waals surface area contributed by atoms with Gasteiger partial charge in [-0.2, -0.15) is 5.10 Å². The molecule has 1 aromatic heterocycles. The van der Waals surface area contributed by atoms with Gasteiger partial charge in [-0.25, -0.2) is 0 Å². The standard InChI is InChI=1S/C13H22BrN3/c1-5-9-12(14)10(17(4)16-9)8-11(15-3)13(2)6-7-13/h11,15H,5-8H2,1-4H3. The molecule has 0 aromatic carbocycles. The molecule has 1 unspecified atom stereocenters. The van der Waals surface area contributed by atoms with Gasteiger partial charge in [0, 0.05) is 19.5 Å². The summed E-state index contributed by atoms with van der Waals surface area (Å²) in [5.74, 6) is 0. The summed E-state index contributed by atoms with van der Waals surface area (Å²) < 4.78 is 3.23. The summed E-state index contributed by atoms with van der Waals surface area (Å²) in [5, 5.41) is 8.03. The van der Waals surface area contributed by atoms with E-state index in [1.807, 2.05) is 11.7 Å². The van der Waals surface area contributed by atoms with Gasteiger partial charge in [0.25, 0.3) is 0 Å². The van der Waals surface area contributed by atoms with Gasteiger partial charge in [0.1, 0.15) is 0 Å². The molecule has 0 bridgehead atoms. The highest BCUT2D eigenvalue weighted by molar-refractivity contribution is 9.10. The molecule has 96 valence electrons. The number of hydrogen-bond donors (Lipinski definition) is 1. The van der Waals surface area contributed by atoms with Gasteiger partial charge in [-0.1, -0.05) is 13.8 Å². The quantitative estimate of drug-likeness (QED) is 0.906. The minimum atomic E-state index is 0.491. The fourth-order valence-corrected chi connectivity index (χ4v) is 3.26. The molecule has 1 aliphatic rings. The molecule has 1 heterocycles. The molecule has 17 heavy (non-hydrogen) atoms. The summed E-state index contributed by atoms with van der Waals surface area (Å²) in [6.45, 7) is 4.52. The molecule has 0 spiro atoms. The third-order valence-corrected chi connectivity index (χ3v) is 5.04. The van der Waals surface area contributed by atoms with Crippen molar-refractivity contribution >= 4 is 15.9 Å². The SMILES string of the molecule is CCc1nn(C)c(CC(NC)C2(C)CC2)c1Br. The minimum Gasteiger partial charge on any atom is -0.316 e. The third kappa shape index (κ3) is 2.43. The summed E-state index contributed by atoms with van der Waals surface area (Å²) in [7, 11) is 4.11. The lowest BCUT2D eigenvalue weighted by molar-refractivity contribution is 0.369. The maximum Gasteiger partial charge on any atom is 0.0766 e. The lowest BCUT2D eigenvalue weighted by Gasteiger charge is -2.23. The Hall–Kier alpha value is -0.350. The van der Waals surface area contributed by atoms with Crippen LogP contribution in [0.4, 0.5) is 0 Å². The van der Waals surface area contributed by atoms with Gasteiger partial charge in [-0.15, -0.1) is 0 Å². The summed E-state index contributed by atoms with van der Waals surface area (Å²) in [5.41, 5.74) is 2.97. The maximum absolute atomic E-state index is 4.56. The first kappa shape index (κ1) is 13.1. The highest BCUT2D eigenvalue weighted by Gasteiger charge is 2.44. The Bertz CT molecular complexity index is 407. The van der Waals surface area contributed by atoms with Crippen LogP contribution >= 0.6 is 15.9 Å². The van der Waals surface area contributed by atoms with Crippen molar-refractivity contribution in [2.45, 2.75) is 45.6 Å². The van der Waals surface area contributed by atoms with Gasteiger partial charge in [0.15, 0.2) is 0 Å². The molecule has 1 saturated carbocycles. The Morgan fingerprint density at radius 3 is 2.59 bits per heavy atom. The molecule has 3 nitrogen and oxygen atoms in total. The third-order valence-electron chi connectivity index (χ3n) is 4.13. The van der Waals surface area contributed by atoms with Crippen LogP contribution in [0.15, 0.2) is 4.47 Å². The number of hydrogen-bond acceptors (Lipinski definition) is 2. The van der Waals surface area contributed by atoms with Gasteiger partial charge in [-0.3, -0.25) is 4.68 Å². The van der Waals surface area contributed by atoms with Crippen LogP contribution < -0.4 is 5.32 Å². The largest absolute Gasteiger partial charge is 0.316 e. The monoisotopic (exact) mass is 299 g/mol. The zero-order valence-electron chi connectivity index (χ0n) is 11.2. The normalized spacial score (nSPS) is 19.4. The molecule has 0 saturated heterocycles. The summed E-state index contributed by atoms with van der Waals surface area (Å²) >= 11 is 3.70. The minimum absolute atomic E-state index is 0.491. The molecule has 1 aliphatic carbocycles. The fraction of sp³-hybridized carbons (Fsp3) is 0.769. The smallest absolute Gasteiger partial charge is 0.0766 e. The lowest BCUT2D eigenvalue weighted by Crippen LogP contribution is -2.36. The van der Waals surface area contributed by atoms with Crippen molar-refractivity contribution in [1.29, 1.82) is 0 Å². The van der Waals surface area contributed by atoms with E-state index in [4.69, 9.17) is 0 Å². The highest BCUT2D eigenvalue weighted by Crippen LogP contribution is 2.49. The molecule has 0 amide bonds. The Balaban J connectivity index is 2.20. The number of aryl methyl sites for hydroxylation is 2. The Morgan fingerprint density at radius 1 is 1.53 bits per heavy atom. The van der Waals surface area contributed by atoms with E-state index in [0.717, 1.165) is 12.8 Å². The van der Waals surface area contributed by atoms with Crippen LogP contribution in [-0.2, 0) is 19.9 Å². The van der Waals surface area contributed by atoms with Gasteiger partial charge in [0.2, 0.25) is 0 Å². The van der Waals surface area contributed by atoms with Gasteiger partial charge < -0.3 is 5.32 Å². The molecule has 0 radical (unpaired) electrons. The molecule has 2 rings (SSSR count). The highest BCUT2D eigenvalue weighted by atomic mass is 79.9. The van der Waals surface area contributed by atoms with Gasteiger partial charge in [0.05, 0.1) is 15.9 Å². The number of rotatable bonds is 5. The molecule has 1 atom stereocenters. The Labute approximate surface area is 112 Å².